The van der Waals surface area contributed by atoms with Gasteiger partial charge in [-0.3, -0.25) is 0 Å². The predicted molar refractivity (Wildman–Crippen MR) is 56.5 cm³/mol. The molecule has 0 aliphatic rings. The number of aromatic carboxylic acids is 1. The van der Waals surface area contributed by atoms with Gasteiger partial charge in [-0.2, -0.15) is 13.2 Å². The average molecular weight is 321 g/mol. The number of alkyl halides is 3. The molecule has 0 aliphatic carbocycles. The van der Waals surface area contributed by atoms with E-state index in [-0.39, 0.29) is 6.07 Å². The molecule has 19 heavy (non-hydrogen) atoms. The maximum atomic E-state index is 13.2. The first-order chi connectivity index (χ1) is 8.44. The quantitative estimate of drug-likeness (QED) is 0.869. The van der Waals surface area contributed by atoms with Crippen LogP contribution < -0.4 is 0 Å². The molecule has 0 radical (unpaired) electrons. The fourth-order valence-electron chi connectivity index (χ4n) is 1.20. The van der Waals surface area contributed by atoms with E-state index in [0.29, 0.717) is 6.07 Å². The topological polar surface area (TPSA) is 71.4 Å². The number of carboxylic acids is 1. The van der Waals surface area contributed by atoms with E-state index in [0.717, 1.165) is 0 Å². The number of hydrogen-bond donors (Lipinski definition) is 1. The Balaban J connectivity index is 3.41. The number of rotatable bonds is 3. The fraction of sp³-hybridized carbons (Fsp3) is 0.222. The Hall–Kier alpha value is -1.35. The molecule has 0 saturated heterocycles. The molecule has 0 heterocycles. The van der Waals surface area contributed by atoms with Crippen molar-refractivity contribution in [1.29, 1.82) is 0 Å². The first-order valence-electron chi connectivity index (χ1n) is 4.46. The molecule has 0 aliphatic heterocycles. The fourth-order valence-corrected chi connectivity index (χ4v) is 2.57. The van der Waals surface area contributed by atoms with Crippen molar-refractivity contribution in [3.8, 4) is 0 Å². The summed E-state index contributed by atoms with van der Waals surface area (Å²) >= 11 is 5.27. The molecule has 1 aromatic carbocycles. The number of sulfone groups is 1. The summed E-state index contributed by atoms with van der Waals surface area (Å²) < 4.78 is 72.1. The Labute approximate surface area is 109 Å². The summed E-state index contributed by atoms with van der Waals surface area (Å²) in [5, 5.41) is 7.77. The van der Waals surface area contributed by atoms with Crippen molar-refractivity contribution in [3.63, 3.8) is 0 Å². The van der Waals surface area contributed by atoms with Gasteiger partial charge in [-0.15, -0.1) is 0 Å². The highest BCUT2D eigenvalue weighted by Crippen LogP contribution is 2.28. The van der Waals surface area contributed by atoms with Crippen molar-refractivity contribution in [2.75, 3.05) is 5.75 Å². The highest BCUT2D eigenvalue weighted by atomic mass is 35.5. The number of benzene rings is 1. The van der Waals surface area contributed by atoms with Gasteiger partial charge in [0, 0.05) is 0 Å². The molecule has 4 nitrogen and oxygen atoms in total. The third kappa shape index (κ3) is 3.80. The van der Waals surface area contributed by atoms with E-state index >= 15 is 0 Å². The maximum absolute atomic E-state index is 13.2. The van der Waals surface area contributed by atoms with E-state index in [2.05, 4.69) is 0 Å². The molecule has 0 atom stereocenters. The molecule has 1 rings (SSSR count). The van der Waals surface area contributed by atoms with Crippen LogP contribution in [0.15, 0.2) is 17.0 Å². The average Bonchev–Trinajstić information content (AvgIpc) is 2.17. The molecule has 0 bridgehead atoms. The Bertz CT molecular complexity index is 624. The van der Waals surface area contributed by atoms with E-state index in [1.807, 2.05) is 0 Å². The Morgan fingerprint density at radius 2 is 1.84 bits per heavy atom. The Kier molecular flexibility index (Phi) is 4.11. The van der Waals surface area contributed by atoms with Gasteiger partial charge in [0.2, 0.25) is 0 Å². The van der Waals surface area contributed by atoms with Crippen LogP contribution in [-0.2, 0) is 9.84 Å². The molecular weight excluding hydrogens is 316 g/mol. The zero-order chi connectivity index (χ0) is 15.0. The SMILES string of the molecule is O=C(O)c1cc(S(=O)(=O)CC(F)(F)F)cc(F)c1Cl. The number of carbonyl (C=O) groups is 1. The highest BCUT2D eigenvalue weighted by molar-refractivity contribution is 7.91. The lowest BCUT2D eigenvalue weighted by Crippen LogP contribution is -2.23. The number of hydrogen-bond acceptors (Lipinski definition) is 3. The summed E-state index contributed by atoms with van der Waals surface area (Å²) in [5.41, 5.74) is -0.928. The van der Waals surface area contributed by atoms with Crippen LogP contribution in [0.25, 0.3) is 0 Å². The summed E-state index contributed by atoms with van der Waals surface area (Å²) in [6.07, 6.45) is -5.03. The molecule has 106 valence electrons. The van der Waals surface area contributed by atoms with Crippen molar-refractivity contribution in [1.82, 2.24) is 0 Å². The predicted octanol–water partition coefficient (Wildman–Crippen LogP) is 2.51. The van der Waals surface area contributed by atoms with Crippen molar-refractivity contribution in [2.45, 2.75) is 11.1 Å². The largest absolute Gasteiger partial charge is 0.478 e. The van der Waals surface area contributed by atoms with Gasteiger partial charge in [0.15, 0.2) is 15.6 Å². The van der Waals surface area contributed by atoms with Gasteiger partial charge in [0.25, 0.3) is 0 Å². The third-order valence-corrected chi connectivity index (χ3v) is 3.99. The van der Waals surface area contributed by atoms with Crippen molar-refractivity contribution >= 4 is 27.4 Å². The Morgan fingerprint density at radius 1 is 1.32 bits per heavy atom. The van der Waals surface area contributed by atoms with E-state index in [4.69, 9.17) is 16.7 Å². The van der Waals surface area contributed by atoms with Crippen molar-refractivity contribution in [2.24, 2.45) is 0 Å². The van der Waals surface area contributed by atoms with E-state index in [1.54, 1.807) is 0 Å². The standard InChI is InChI=1S/C9H5ClF4O4S/c10-7-5(8(15)16)1-4(2-6(7)11)19(17,18)3-9(12,13)14/h1-2H,3H2,(H,15,16). The monoisotopic (exact) mass is 320 g/mol. The lowest BCUT2D eigenvalue weighted by Gasteiger charge is -2.09. The van der Waals surface area contributed by atoms with Gasteiger partial charge in [0.1, 0.15) is 5.82 Å². The van der Waals surface area contributed by atoms with Crippen LogP contribution in [0.5, 0.6) is 0 Å². The van der Waals surface area contributed by atoms with E-state index in [9.17, 15) is 30.8 Å². The zero-order valence-electron chi connectivity index (χ0n) is 8.83. The van der Waals surface area contributed by atoms with Crippen LogP contribution in [0.3, 0.4) is 0 Å². The molecular formula is C9H5ClF4O4S. The van der Waals surface area contributed by atoms with Gasteiger partial charge in [-0.1, -0.05) is 11.6 Å². The van der Waals surface area contributed by atoms with Gasteiger partial charge < -0.3 is 5.11 Å². The minimum atomic E-state index is -5.03. The van der Waals surface area contributed by atoms with Crippen LogP contribution in [0.1, 0.15) is 10.4 Å². The van der Waals surface area contributed by atoms with Crippen LogP contribution >= 0.6 is 11.6 Å². The zero-order valence-corrected chi connectivity index (χ0v) is 10.4. The summed E-state index contributed by atoms with van der Waals surface area (Å²) in [6, 6.07) is 0.630. The van der Waals surface area contributed by atoms with Crippen LogP contribution in [-0.4, -0.2) is 31.4 Å². The maximum Gasteiger partial charge on any atom is 0.403 e. The first kappa shape index (κ1) is 15.7. The minimum Gasteiger partial charge on any atom is -0.478 e. The smallest absolute Gasteiger partial charge is 0.403 e. The third-order valence-electron chi connectivity index (χ3n) is 1.94. The molecule has 10 heteroatoms. The molecule has 1 aromatic rings. The van der Waals surface area contributed by atoms with Crippen molar-refractivity contribution in [3.05, 3.63) is 28.5 Å². The summed E-state index contributed by atoms with van der Waals surface area (Å²) in [7, 11) is -4.90. The first-order valence-corrected chi connectivity index (χ1v) is 6.49. The normalized spacial score (nSPS) is 12.5. The van der Waals surface area contributed by atoms with Gasteiger partial charge >= 0.3 is 12.1 Å². The highest BCUT2D eigenvalue weighted by Gasteiger charge is 2.36. The molecule has 0 spiro atoms. The molecule has 0 aromatic heterocycles. The molecule has 0 amide bonds. The summed E-state index contributed by atoms with van der Waals surface area (Å²) in [4.78, 5) is 9.58. The minimum absolute atomic E-state index is 0.246. The Morgan fingerprint density at radius 3 is 2.26 bits per heavy atom. The second kappa shape index (κ2) is 4.97. The van der Waals surface area contributed by atoms with Crippen LogP contribution in [0.4, 0.5) is 17.6 Å². The second-order valence-electron chi connectivity index (χ2n) is 3.45. The molecule has 0 saturated carbocycles. The van der Waals surface area contributed by atoms with Crippen molar-refractivity contribution < 1.29 is 35.9 Å². The second-order valence-corrected chi connectivity index (χ2v) is 5.81. The van der Waals surface area contributed by atoms with Crippen LogP contribution in [0, 0.1) is 5.82 Å². The molecule has 1 N–H and O–H groups in total. The summed E-state index contributed by atoms with van der Waals surface area (Å²) in [6.45, 7) is 0. The van der Waals surface area contributed by atoms with Gasteiger partial charge in [-0.25, -0.2) is 17.6 Å². The van der Waals surface area contributed by atoms with E-state index in [1.165, 1.54) is 0 Å². The molecule has 0 fully saturated rings. The van der Waals surface area contributed by atoms with E-state index < -0.39 is 49.0 Å². The van der Waals surface area contributed by atoms with Gasteiger partial charge in [-0.05, 0) is 12.1 Å². The molecule has 0 unspecified atom stereocenters. The lowest BCUT2D eigenvalue weighted by atomic mass is 10.2. The van der Waals surface area contributed by atoms with Gasteiger partial charge in [0.05, 0.1) is 15.5 Å². The number of carboxylic acid groups (broad SMARTS) is 1. The summed E-state index contributed by atoms with van der Waals surface area (Å²) in [5.74, 6) is -5.41. The number of halogens is 5. The lowest BCUT2D eigenvalue weighted by molar-refractivity contribution is -0.106. The van der Waals surface area contributed by atoms with Crippen LogP contribution in [0.2, 0.25) is 5.02 Å².